The van der Waals surface area contributed by atoms with Crippen LogP contribution in [-0.2, 0) is 13.2 Å². The number of methoxy groups -OCH3 is 1. The van der Waals surface area contributed by atoms with Crippen LogP contribution >= 0.6 is 23.2 Å². The molecule has 0 atom stereocenters. The van der Waals surface area contributed by atoms with Gasteiger partial charge in [-0.3, -0.25) is 0 Å². The molecule has 0 amide bonds. The van der Waals surface area contributed by atoms with Crippen LogP contribution in [0.15, 0.2) is 72.8 Å². The van der Waals surface area contributed by atoms with Gasteiger partial charge in [0.25, 0.3) is 0 Å². The monoisotopic (exact) mass is 455 g/mol. The summed E-state index contributed by atoms with van der Waals surface area (Å²) in [6.45, 7) is 0.523. The van der Waals surface area contributed by atoms with Crippen LogP contribution in [-0.4, -0.2) is 7.11 Å². The minimum absolute atomic E-state index is 0.0329. The van der Waals surface area contributed by atoms with Crippen LogP contribution in [0.5, 0.6) is 11.5 Å². The molecule has 1 N–H and O–H groups in total. The number of hydrogen-bond donors (Lipinski definition) is 1. The molecule has 158 valence electrons. The fourth-order valence-corrected chi connectivity index (χ4v) is 3.90. The van der Waals surface area contributed by atoms with Crippen molar-refractivity contribution in [3.8, 4) is 11.5 Å². The quantitative estimate of drug-likeness (QED) is 0.313. The zero-order valence-corrected chi connectivity index (χ0v) is 18.3. The third kappa shape index (κ3) is 4.71. The first-order valence-corrected chi connectivity index (χ1v) is 10.5. The molecule has 0 fully saturated rings. The van der Waals surface area contributed by atoms with Crippen molar-refractivity contribution in [2.75, 3.05) is 12.4 Å². The molecular formula is C25H20Cl2FNO2. The second kappa shape index (κ2) is 9.46. The molecule has 0 saturated carbocycles. The van der Waals surface area contributed by atoms with E-state index in [9.17, 15) is 4.39 Å². The van der Waals surface area contributed by atoms with Gasteiger partial charge in [0.1, 0.15) is 23.9 Å². The van der Waals surface area contributed by atoms with Crippen LogP contribution in [0.1, 0.15) is 11.1 Å². The molecule has 0 aliphatic carbocycles. The summed E-state index contributed by atoms with van der Waals surface area (Å²) in [4.78, 5) is 0. The highest BCUT2D eigenvalue weighted by molar-refractivity contribution is 6.32. The van der Waals surface area contributed by atoms with Crippen LogP contribution in [0.4, 0.5) is 10.1 Å². The molecule has 4 aromatic carbocycles. The minimum atomic E-state index is -0.388. The lowest BCUT2D eigenvalue weighted by atomic mass is 10.0. The molecule has 4 rings (SSSR count). The number of hydrogen-bond acceptors (Lipinski definition) is 3. The van der Waals surface area contributed by atoms with Gasteiger partial charge in [-0.15, -0.1) is 0 Å². The molecule has 0 saturated heterocycles. The third-order valence-corrected chi connectivity index (χ3v) is 5.70. The molecule has 4 aromatic rings. The molecule has 0 spiro atoms. The summed E-state index contributed by atoms with van der Waals surface area (Å²) in [5, 5.41) is 6.39. The number of nitrogens with one attached hydrogen (secondary N) is 1. The Morgan fingerprint density at radius 1 is 0.839 bits per heavy atom. The molecule has 3 nitrogen and oxygen atoms in total. The highest BCUT2D eigenvalue weighted by Gasteiger charge is 2.13. The Kier molecular flexibility index (Phi) is 6.50. The number of benzene rings is 4. The maximum Gasteiger partial charge on any atom is 0.137 e. The van der Waals surface area contributed by atoms with Crippen molar-refractivity contribution in [1.82, 2.24) is 0 Å². The van der Waals surface area contributed by atoms with Crippen molar-refractivity contribution in [3.63, 3.8) is 0 Å². The maximum absolute atomic E-state index is 14.2. The van der Waals surface area contributed by atoms with Gasteiger partial charge in [0.15, 0.2) is 0 Å². The predicted octanol–water partition coefficient (Wildman–Crippen LogP) is 7.49. The molecule has 0 aromatic heterocycles. The summed E-state index contributed by atoms with van der Waals surface area (Å²) in [6.07, 6.45) is 0. The zero-order chi connectivity index (χ0) is 21.8. The Morgan fingerprint density at radius 2 is 1.65 bits per heavy atom. The first kappa shape index (κ1) is 21.3. The van der Waals surface area contributed by atoms with Gasteiger partial charge in [-0.2, -0.15) is 0 Å². The lowest BCUT2D eigenvalue weighted by Crippen LogP contribution is -2.06. The number of fused-ring (bicyclic) bond motifs is 1. The van der Waals surface area contributed by atoms with E-state index in [-0.39, 0.29) is 12.4 Å². The normalized spacial score (nSPS) is 10.8. The Morgan fingerprint density at radius 3 is 2.42 bits per heavy atom. The smallest absolute Gasteiger partial charge is 0.137 e. The van der Waals surface area contributed by atoms with Crippen molar-refractivity contribution in [2.24, 2.45) is 0 Å². The van der Waals surface area contributed by atoms with Crippen molar-refractivity contribution in [2.45, 2.75) is 13.2 Å². The van der Waals surface area contributed by atoms with Crippen molar-refractivity contribution in [1.29, 1.82) is 0 Å². The fourth-order valence-electron chi connectivity index (χ4n) is 3.42. The number of ether oxygens (including phenoxy) is 2. The standard InChI is InChI=1S/C25H20Cl2FNO2/c1-30-25-12-10-17(13-22(25)27)29-14-19-18-6-3-2-5-16(18)9-11-24(19)31-15-20-21(26)7-4-8-23(20)28/h2-13,29H,14-15H2,1H3. The highest BCUT2D eigenvalue weighted by atomic mass is 35.5. The Balaban J connectivity index is 1.63. The van der Waals surface area contributed by atoms with E-state index in [1.807, 2.05) is 54.6 Å². The predicted molar refractivity (Wildman–Crippen MR) is 125 cm³/mol. The van der Waals surface area contributed by atoms with Crippen LogP contribution in [0.2, 0.25) is 10.0 Å². The van der Waals surface area contributed by atoms with Crippen LogP contribution < -0.4 is 14.8 Å². The zero-order valence-electron chi connectivity index (χ0n) is 16.8. The van der Waals surface area contributed by atoms with Gasteiger partial charge in [-0.05, 0) is 47.2 Å². The molecule has 0 aliphatic rings. The van der Waals surface area contributed by atoms with Gasteiger partial charge < -0.3 is 14.8 Å². The summed E-state index contributed by atoms with van der Waals surface area (Å²) in [6, 6.07) is 22.1. The van der Waals surface area contributed by atoms with Crippen molar-refractivity contribution >= 4 is 39.7 Å². The number of rotatable bonds is 7. The van der Waals surface area contributed by atoms with E-state index in [0.717, 1.165) is 22.0 Å². The molecule has 0 bridgehead atoms. The Labute approximate surface area is 190 Å². The summed E-state index contributed by atoms with van der Waals surface area (Å²) in [5.41, 5.74) is 2.14. The van der Waals surface area contributed by atoms with Crippen molar-refractivity contribution < 1.29 is 13.9 Å². The van der Waals surface area contributed by atoms with Crippen molar-refractivity contribution in [3.05, 3.63) is 99.8 Å². The molecule has 0 aliphatic heterocycles. The van der Waals surface area contributed by atoms with E-state index >= 15 is 0 Å². The molecule has 6 heteroatoms. The summed E-state index contributed by atoms with van der Waals surface area (Å²) in [7, 11) is 1.58. The van der Waals surface area contributed by atoms with E-state index in [0.29, 0.717) is 33.7 Å². The van der Waals surface area contributed by atoms with E-state index in [1.54, 1.807) is 19.2 Å². The van der Waals surface area contributed by atoms with Gasteiger partial charge in [0.2, 0.25) is 0 Å². The summed E-state index contributed by atoms with van der Waals surface area (Å²) in [5.74, 6) is 0.883. The second-order valence-corrected chi connectivity index (χ2v) is 7.77. The third-order valence-electron chi connectivity index (χ3n) is 5.05. The van der Waals surface area contributed by atoms with E-state index in [1.165, 1.54) is 6.07 Å². The van der Waals surface area contributed by atoms with Gasteiger partial charge in [-0.1, -0.05) is 59.6 Å². The van der Waals surface area contributed by atoms with E-state index < -0.39 is 0 Å². The lowest BCUT2D eigenvalue weighted by Gasteiger charge is -2.17. The Bertz CT molecular complexity index is 1210. The first-order chi connectivity index (χ1) is 15.1. The number of halogens is 3. The minimum Gasteiger partial charge on any atom is -0.495 e. The molecule has 0 heterocycles. The largest absolute Gasteiger partial charge is 0.495 e. The Hall–Kier alpha value is -2.95. The topological polar surface area (TPSA) is 30.5 Å². The van der Waals surface area contributed by atoms with Gasteiger partial charge in [0, 0.05) is 23.4 Å². The van der Waals surface area contributed by atoms with E-state index in [2.05, 4.69) is 5.32 Å². The van der Waals surface area contributed by atoms with Gasteiger partial charge >= 0.3 is 0 Å². The summed E-state index contributed by atoms with van der Waals surface area (Å²) >= 11 is 12.4. The van der Waals surface area contributed by atoms with Crippen LogP contribution in [0, 0.1) is 5.82 Å². The van der Waals surface area contributed by atoms with Gasteiger partial charge in [-0.25, -0.2) is 4.39 Å². The first-order valence-electron chi connectivity index (χ1n) is 9.70. The van der Waals surface area contributed by atoms with Gasteiger partial charge in [0.05, 0.1) is 17.2 Å². The lowest BCUT2D eigenvalue weighted by molar-refractivity contribution is 0.297. The SMILES string of the molecule is COc1ccc(NCc2c(OCc3c(F)cccc3Cl)ccc3ccccc23)cc1Cl. The van der Waals surface area contributed by atoms with Crippen LogP contribution in [0.3, 0.4) is 0 Å². The maximum atomic E-state index is 14.2. The molecular weight excluding hydrogens is 436 g/mol. The van der Waals surface area contributed by atoms with Crippen LogP contribution in [0.25, 0.3) is 10.8 Å². The second-order valence-electron chi connectivity index (χ2n) is 6.96. The fraction of sp³-hybridized carbons (Fsp3) is 0.120. The average Bonchev–Trinajstić information content (AvgIpc) is 2.77. The average molecular weight is 456 g/mol. The molecule has 0 unspecified atom stereocenters. The highest BCUT2D eigenvalue weighted by Crippen LogP contribution is 2.32. The number of anilines is 1. The van der Waals surface area contributed by atoms with E-state index in [4.69, 9.17) is 32.7 Å². The summed E-state index contributed by atoms with van der Waals surface area (Å²) < 4.78 is 25.4. The molecule has 0 radical (unpaired) electrons. The molecule has 31 heavy (non-hydrogen) atoms.